The van der Waals surface area contributed by atoms with Crippen molar-refractivity contribution in [3.05, 3.63) is 50.3 Å². The molecule has 3 aromatic rings. The van der Waals surface area contributed by atoms with E-state index in [0.717, 1.165) is 60.7 Å². The van der Waals surface area contributed by atoms with Crippen LogP contribution in [0.2, 0.25) is 0 Å². The number of ether oxygens (including phenoxy) is 1. The van der Waals surface area contributed by atoms with Gasteiger partial charge in [-0.1, -0.05) is 0 Å². The molecular weight excluding hydrogens is 376 g/mol. The van der Waals surface area contributed by atoms with Gasteiger partial charge in [-0.15, -0.1) is 11.3 Å². The average molecular weight is 396 g/mol. The van der Waals surface area contributed by atoms with Gasteiger partial charge in [-0.3, -0.25) is 10.1 Å². The van der Waals surface area contributed by atoms with Crippen LogP contribution in [0.1, 0.15) is 41.0 Å². The van der Waals surface area contributed by atoms with Crippen molar-refractivity contribution < 1.29 is 13.9 Å². The number of hydrogen-bond donors (Lipinski definition) is 1. The summed E-state index contributed by atoms with van der Waals surface area (Å²) in [5, 5.41) is 4.41. The molecule has 5 rings (SSSR count). The summed E-state index contributed by atoms with van der Waals surface area (Å²) < 4.78 is 11.1. The lowest BCUT2D eigenvalue weighted by atomic mass is 10.0. The Balaban J connectivity index is 1.28. The number of amides is 1. The Morgan fingerprint density at radius 2 is 2.00 bits per heavy atom. The van der Waals surface area contributed by atoms with E-state index in [1.807, 2.05) is 12.1 Å². The second-order valence-corrected chi connectivity index (χ2v) is 8.37. The van der Waals surface area contributed by atoms with Crippen LogP contribution >= 0.6 is 11.3 Å². The number of rotatable bonds is 4. The Hall–Kier alpha value is -2.67. The molecule has 2 aliphatic carbocycles. The molecule has 0 radical (unpaired) electrons. The van der Waals surface area contributed by atoms with Gasteiger partial charge in [0.15, 0.2) is 11.7 Å². The number of anilines is 1. The van der Waals surface area contributed by atoms with Gasteiger partial charge >= 0.3 is 5.63 Å². The summed E-state index contributed by atoms with van der Waals surface area (Å²) in [5.41, 5.74) is 3.25. The summed E-state index contributed by atoms with van der Waals surface area (Å²) in [5.74, 6) is 0.254. The van der Waals surface area contributed by atoms with Crippen molar-refractivity contribution >= 4 is 33.3 Å². The van der Waals surface area contributed by atoms with Crippen molar-refractivity contribution in [1.82, 2.24) is 4.98 Å². The number of nitrogens with zero attached hydrogens (tertiary/aromatic N) is 1. The molecule has 0 aliphatic heterocycles. The van der Waals surface area contributed by atoms with E-state index in [0.29, 0.717) is 16.5 Å². The molecule has 2 heterocycles. The Kier molecular flexibility index (Phi) is 4.39. The highest BCUT2D eigenvalue weighted by Crippen LogP contribution is 2.30. The van der Waals surface area contributed by atoms with Gasteiger partial charge in [-0.2, -0.15) is 0 Å². The van der Waals surface area contributed by atoms with Gasteiger partial charge in [0.2, 0.25) is 0 Å². The quantitative estimate of drug-likeness (QED) is 0.681. The van der Waals surface area contributed by atoms with Crippen molar-refractivity contribution in [2.75, 3.05) is 11.9 Å². The van der Waals surface area contributed by atoms with E-state index in [-0.39, 0.29) is 18.1 Å². The molecule has 0 bridgehead atoms. The van der Waals surface area contributed by atoms with Gasteiger partial charge in [0.05, 0.1) is 5.69 Å². The molecule has 6 nitrogen and oxygen atoms in total. The lowest BCUT2D eigenvalue weighted by Gasteiger charge is -2.08. The maximum Gasteiger partial charge on any atom is 0.339 e. The van der Waals surface area contributed by atoms with Crippen LogP contribution in [-0.4, -0.2) is 17.5 Å². The SMILES string of the molecule is O=C(COc1ccc2c3c(c(=O)oc2c1)CCC3)Nc1nc2c(s1)CCCC2. The summed E-state index contributed by atoms with van der Waals surface area (Å²) in [7, 11) is 0. The Morgan fingerprint density at radius 3 is 2.89 bits per heavy atom. The zero-order valence-corrected chi connectivity index (χ0v) is 16.2. The molecule has 2 aromatic heterocycles. The largest absolute Gasteiger partial charge is 0.484 e. The van der Waals surface area contributed by atoms with Crippen molar-refractivity contribution in [3.8, 4) is 5.75 Å². The van der Waals surface area contributed by atoms with E-state index in [4.69, 9.17) is 9.15 Å². The number of hydrogen-bond acceptors (Lipinski definition) is 6. The summed E-state index contributed by atoms with van der Waals surface area (Å²) >= 11 is 1.55. The number of aryl methyl sites for hydroxylation is 3. The number of nitrogens with one attached hydrogen (secondary N) is 1. The second-order valence-electron chi connectivity index (χ2n) is 7.29. The predicted octanol–water partition coefficient (Wildman–Crippen LogP) is 3.63. The molecular formula is C21H20N2O4S. The fraction of sp³-hybridized carbons (Fsp3) is 0.381. The molecule has 0 unspecified atom stereocenters. The molecule has 144 valence electrons. The van der Waals surface area contributed by atoms with E-state index >= 15 is 0 Å². The fourth-order valence-corrected chi connectivity index (χ4v) is 5.13. The molecule has 0 saturated heterocycles. The normalized spacial score (nSPS) is 15.3. The van der Waals surface area contributed by atoms with Crippen LogP contribution in [-0.2, 0) is 30.5 Å². The highest BCUT2D eigenvalue weighted by Gasteiger charge is 2.20. The van der Waals surface area contributed by atoms with E-state index in [1.165, 1.54) is 11.3 Å². The lowest BCUT2D eigenvalue weighted by molar-refractivity contribution is -0.118. The molecule has 1 N–H and O–H groups in total. The summed E-state index contributed by atoms with van der Waals surface area (Å²) in [4.78, 5) is 30.1. The minimum Gasteiger partial charge on any atom is -0.484 e. The number of fused-ring (bicyclic) bond motifs is 4. The van der Waals surface area contributed by atoms with Crippen LogP contribution in [0.4, 0.5) is 5.13 Å². The van der Waals surface area contributed by atoms with Gasteiger partial charge in [0.1, 0.15) is 11.3 Å². The van der Waals surface area contributed by atoms with Crippen molar-refractivity contribution in [3.63, 3.8) is 0 Å². The second kappa shape index (κ2) is 7.05. The average Bonchev–Trinajstić information content (AvgIpc) is 3.33. The third-order valence-corrected chi connectivity index (χ3v) is 6.48. The highest BCUT2D eigenvalue weighted by atomic mass is 32.1. The maximum absolute atomic E-state index is 12.2. The monoisotopic (exact) mass is 396 g/mol. The first kappa shape index (κ1) is 17.4. The van der Waals surface area contributed by atoms with Crippen molar-refractivity contribution in [2.24, 2.45) is 0 Å². The van der Waals surface area contributed by atoms with Crippen LogP contribution in [0.3, 0.4) is 0 Å². The van der Waals surface area contributed by atoms with Crippen LogP contribution in [0.5, 0.6) is 5.75 Å². The van der Waals surface area contributed by atoms with E-state index in [1.54, 1.807) is 17.4 Å². The molecule has 7 heteroatoms. The topological polar surface area (TPSA) is 81.4 Å². The Labute approximate surface area is 165 Å². The summed E-state index contributed by atoms with van der Waals surface area (Å²) in [6.45, 7) is -0.120. The minimum absolute atomic E-state index is 0.120. The predicted molar refractivity (Wildman–Crippen MR) is 107 cm³/mol. The van der Waals surface area contributed by atoms with Crippen LogP contribution in [0, 0.1) is 0 Å². The lowest BCUT2D eigenvalue weighted by Crippen LogP contribution is -2.20. The number of carbonyl (C=O) groups is 1. The Morgan fingerprint density at radius 1 is 1.14 bits per heavy atom. The van der Waals surface area contributed by atoms with Crippen molar-refractivity contribution in [1.29, 1.82) is 0 Å². The van der Waals surface area contributed by atoms with Gasteiger partial charge in [-0.05, 0) is 62.6 Å². The summed E-state index contributed by atoms with van der Waals surface area (Å²) in [6.07, 6.45) is 7.05. The zero-order valence-electron chi connectivity index (χ0n) is 15.4. The molecule has 0 fully saturated rings. The number of thiazole rings is 1. The molecule has 2 aliphatic rings. The first-order chi connectivity index (χ1) is 13.7. The van der Waals surface area contributed by atoms with E-state index < -0.39 is 0 Å². The molecule has 0 atom stereocenters. The fourth-order valence-electron chi connectivity index (χ4n) is 4.06. The van der Waals surface area contributed by atoms with E-state index in [2.05, 4.69) is 10.3 Å². The molecule has 0 saturated carbocycles. The van der Waals surface area contributed by atoms with Gasteiger partial charge in [0.25, 0.3) is 5.91 Å². The number of aromatic nitrogens is 1. The number of benzene rings is 1. The van der Waals surface area contributed by atoms with Crippen LogP contribution in [0.15, 0.2) is 27.4 Å². The van der Waals surface area contributed by atoms with Gasteiger partial charge in [0, 0.05) is 21.9 Å². The standard InChI is InChI=1S/C21H20N2O4S/c24-19(23-21-22-16-6-1-2-7-18(16)28-21)11-26-12-8-9-14-13-4-3-5-15(13)20(25)27-17(14)10-12/h8-10H,1-7,11H2,(H,22,23,24). The molecule has 1 amide bonds. The third-order valence-electron chi connectivity index (χ3n) is 5.41. The highest BCUT2D eigenvalue weighted by molar-refractivity contribution is 7.15. The van der Waals surface area contributed by atoms with Crippen molar-refractivity contribution in [2.45, 2.75) is 44.9 Å². The minimum atomic E-state index is -0.261. The van der Waals surface area contributed by atoms with Crippen LogP contribution in [0.25, 0.3) is 11.0 Å². The first-order valence-corrected chi connectivity index (χ1v) is 10.5. The number of carbonyl (C=O) groups excluding carboxylic acids is 1. The van der Waals surface area contributed by atoms with Gasteiger partial charge in [-0.25, -0.2) is 9.78 Å². The van der Waals surface area contributed by atoms with Crippen LogP contribution < -0.4 is 15.7 Å². The molecule has 1 aromatic carbocycles. The smallest absolute Gasteiger partial charge is 0.339 e. The maximum atomic E-state index is 12.2. The Bertz CT molecular complexity index is 1110. The van der Waals surface area contributed by atoms with E-state index in [9.17, 15) is 9.59 Å². The third kappa shape index (κ3) is 3.20. The molecule has 28 heavy (non-hydrogen) atoms. The first-order valence-electron chi connectivity index (χ1n) is 9.67. The summed E-state index contributed by atoms with van der Waals surface area (Å²) in [6, 6.07) is 5.41. The molecule has 0 spiro atoms. The zero-order chi connectivity index (χ0) is 19.1. The van der Waals surface area contributed by atoms with Gasteiger partial charge < -0.3 is 9.15 Å².